The Morgan fingerprint density at radius 3 is 2.80 bits per heavy atom. The number of sulfone groups is 1. The minimum atomic E-state index is -3.30. The first-order valence-corrected chi connectivity index (χ1v) is 11.4. The predicted octanol–water partition coefficient (Wildman–Crippen LogP) is 4.89. The number of aromatic amines is 1. The smallest absolute Gasteiger partial charge is 0.178 e. The number of nitrogens with one attached hydrogen (secondary N) is 1. The molecule has 4 rings (SSSR count). The topological polar surface area (TPSA) is 72.1 Å². The van der Waals surface area contributed by atoms with E-state index >= 15 is 0 Å². The van der Waals surface area contributed by atoms with Crippen LogP contribution >= 0.6 is 0 Å². The summed E-state index contributed by atoms with van der Waals surface area (Å²) in [5.41, 5.74) is 4.35. The molecule has 0 atom stereocenters. The van der Waals surface area contributed by atoms with Gasteiger partial charge in [-0.1, -0.05) is 19.1 Å². The Kier molecular flexibility index (Phi) is 5.23. The largest absolute Gasteiger partial charge is 0.490 e. The van der Waals surface area contributed by atoms with Gasteiger partial charge < -0.3 is 9.72 Å². The molecule has 2 heterocycles. The van der Waals surface area contributed by atoms with Crippen LogP contribution in [0.1, 0.15) is 18.9 Å². The van der Waals surface area contributed by atoms with Crippen LogP contribution < -0.4 is 4.74 Å². The van der Waals surface area contributed by atoms with Crippen molar-refractivity contribution in [3.63, 3.8) is 0 Å². The van der Waals surface area contributed by atoms with Crippen LogP contribution in [0.5, 0.6) is 5.75 Å². The van der Waals surface area contributed by atoms with Gasteiger partial charge in [-0.3, -0.25) is 0 Å². The van der Waals surface area contributed by atoms with Gasteiger partial charge >= 0.3 is 0 Å². The zero-order chi connectivity index (χ0) is 21.3. The highest BCUT2D eigenvalue weighted by atomic mass is 32.2. The minimum Gasteiger partial charge on any atom is -0.490 e. The number of aromatic nitrogens is 2. The maximum atomic E-state index is 12.4. The van der Waals surface area contributed by atoms with Crippen molar-refractivity contribution >= 4 is 31.8 Å². The van der Waals surface area contributed by atoms with Gasteiger partial charge in [0, 0.05) is 23.4 Å². The van der Waals surface area contributed by atoms with E-state index in [1.165, 1.54) is 0 Å². The molecule has 0 aliphatic rings. The number of benzene rings is 2. The van der Waals surface area contributed by atoms with Crippen LogP contribution in [-0.4, -0.2) is 30.7 Å². The van der Waals surface area contributed by atoms with E-state index in [1.54, 1.807) is 25.1 Å². The number of nitrogens with zero attached hydrogens (tertiary/aromatic N) is 1. The highest BCUT2D eigenvalue weighted by molar-refractivity contribution is 7.91. The summed E-state index contributed by atoms with van der Waals surface area (Å²) in [7, 11) is -3.30. The van der Waals surface area contributed by atoms with Crippen molar-refractivity contribution in [2.24, 2.45) is 0 Å². The van der Waals surface area contributed by atoms with Crippen LogP contribution in [0.3, 0.4) is 0 Å². The molecule has 0 spiro atoms. The standard InChI is InChI=1S/C24H22N2O3S/c1-4-6-12-29-21-11-10-19(17-8-7-9-18(14-17)30(27,28)5-2)22-20-13-16(3)15-25-24(20)26-23(21)22/h1,7-11,13-15H,5-6,12H2,2-3H3,(H,25,26). The molecular formula is C24H22N2O3S. The maximum Gasteiger partial charge on any atom is 0.178 e. The third-order valence-corrected chi connectivity index (χ3v) is 6.82. The number of hydrogen-bond donors (Lipinski definition) is 1. The first-order valence-electron chi connectivity index (χ1n) is 9.75. The number of pyridine rings is 1. The summed E-state index contributed by atoms with van der Waals surface area (Å²) in [6.45, 7) is 4.06. The molecule has 30 heavy (non-hydrogen) atoms. The molecule has 0 fully saturated rings. The van der Waals surface area contributed by atoms with Crippen molar-refractivity contribution in [1.82, 2.24) is 9.97 Å². The third-order valence-electron chi connectivity index (χ3n) is 5.09. The fraction of sp³-hybridized carbons (Fsp3) is 0.208. The first-order chi connectivity index (χ1) is 14.4. The Morgan fingerprint density at radius 1 is 1.20 bits per heavy atom. The lowest BCUT2D eigenvalue weighted by Gasteiger charge is -2.11. The minimum absolute atomic E-state index is 0.0595. The van der Waals surface area contributed by atoms with Gasteiger partial charge in [0.25, 0.3) is 0 Å². The van der Waals surface area contributed by atoms with E-state index < -0.39 is 9.84 Å². The Morgan fingerprint density at radius 2 is 2.03 bits per heavy atom. The quantitative estimate of drug-likeness (QED) is 0.358. The van der Waals surface area contributed by atoms with Crippen molar-refractivity contribution in [1.29, 1.82) is 0 Å². The number of H-pyrrole nitrogens is 1. The highest BCUT2D eigenvalue weighted by Gasteiger charge is 2.18. The molecular weight excluding hydrogens is 396 g/mol. The lowest BCUT2D eigenvalue weighted by atomic mass is 9.99. The Hall–Kier alpha value is -3.30. The van der Waals surface area contributed by atoms with E-state index in [0.29, 0.717) is 23.7 Å². The molecule has 5 nitrogen and oxygen atoms in total. The number of terminal acetylenes is 1. The molecule has 0 aliphatic heterocycles. The van der Waals surface area contributed by atoms with Crippen molar-refractivity contribution in [3.8, 4) is 29.2 Å². The summed E-state index contributed by atoms with van der Waals surface area (Å²) in [5, 5.41) is 1.91. The Balaban J connectivity index is 1.98. The van der Waals surface area contributed by atoms with E-state index in [2.05, 4.69) is 22.0 Å². The van der Waals surface area contributed by atoms with Gasteiger partial charge in [0.1, 0.15) is 11.4 Å². The van der Waals surface area contributed by atoms with Gasteiger partial charge in [-0.2, -0.15) is 0 Å². The SMILES string of the molecule is C#CCCOc1ccc(-c2cccc(S(=O)(=O)CC)c2)c2c1[nH]c1ncc(C)cc12. The maximum absolute atomic E-state index is 12.4. The van der Waals surface area contributed by atoms with Crippen LogP contribution in [-0.2, 0) is 9.84 Å². The van der Waals surface area contributed by atoms with E-state index in [-0.39, 0.29) is 5.75 Å². The molecule has 0 amide bonds. The molecule has 0 radical (unpaired) electrons. The Labute approximate surface area is 176 Å². The highest BCUT2D eigenvalue weighted by Crippen LogP contribution is 2.39. The monoisotopic (exact) mass is 418 g/mol. The second-order valence-electron chi connectivity index (χ2n) is 7.13. The fourth-order valence-corrected chi connectivity index (χ4v) is 4.50. The molecule has 0 bridgehead atoms. The van der Waals surface area contributed by atoms with E-state index in [9.17, 15) is 8.42 Å². The van der Waals surface area contributed by atoms with Crippen LogP contribution in [0.2, 0.25) is 0 Å². The second-order valence-corrected chi connectivity index (χ2v) is 9.41. The van der Waals surface area contributed by atoms with Crippen LogP contribution in [0.4, 0.5) is 0 Å². The van der Waals surface area contributed by atoms with E-state index in [4.69, 9.17) is 11.2 Å². The first kappa shape index (κ1) is 20.0. The summed E-state index contributed by atoms with van der Waals surface area (Å²) < 4.78 is 30.7. The zero-order valence-electron chi connectivity index (χ0n) is 16.9. The molecule has 0 aliphatic carbocycles. The van der Waals surface area contributed by atoms with E-state index in [0.717, 1.165) is 38.6 Å². The van der Waals surface area contributed by atoms with Crippen molar-refractivity contribution < 1.29 is 13.2 Å². The van der Waals surface area contributed by atoms with Gasteiger partial charge in [0.05, 0.1) is 22.8 Å². The summed E-state index contributed by atoms with van der Waals surface area (Å²) in [5.74, 6) is 3.33. The third kappa shape index (κ3) is 3.53. The molecule has 6 heteroatoms. The summed E-state index contributed by atoms with van der Waals surface area (Å²) >= 11 is 0. The van der Waals surface area contributed by atoms with Crippen LogP contribution in [0.25, 0.3) is 33.1 Å². The number of aryl methyl sites for hydroxylation is 1. The molecule has 1 N–H and O–H groups in total. The van der Waals surface area contributed by atoms with Crippen molar-refractivity contribution in [3.05, 3.63) is 54.2 Å². The predicted molar refractivity (Wildman–Crippen MR) is 120 cm³/mol. The number of rotatable bonds is 6. The normalized spacial score (nSPS) is 11.6. The average Bonchev–Trinajstić information content (AvgIpc) is 3.13. The van der Waals surface area contributed by atoms with E-state index in [1.807, 2.05) is 31.3 Å². The lowest BCUT2D eigenvalue weighted by molar-refractivity contribution is 0.330. The van der Waals surface area contributed by atoms with Gasteiger partial charge in [-0.25, -0.2) is 13.4 Å². The molecule has 0 saturated heterocycles. The molecule has 152 valence electrons. The van der Waals surface area contributed by atoms with Crippen LogP contribution in [0.15, 0.2) is 53.6 Å². The zero-order valence-corrected chi connectivity index (χ0v) is 17.7. The number of fused-ring (bicyclic) bond motifs is 3. The fourth-order valence-electron chi connectivity index (χ4n) is 3.57. The average molecular weight is 419 g/mol. The molecule has 2 aromatic heterocycles. The van der Waals surface area contributed by atoms with Crippen LogP contribution in [0, 0.1) is 19.3 Å². The lowest BCUT2D eigenvalue weighted by Crippen LogP contribution is -2.03. The second kappa shape index (κ2) is 7.85. The van der Waals surface area contributed by atoms with Gasteiger partial charge in [-0.15, -0.1) is 12.3 Å². The Bertz CT molecular complexity index is 1400. The van der Waals surface area contributed by atoms with Gasteiger partial charge in [-0.05, 0) is 53.9 Å². The van der Waals surface area contributed by atoms with Crippen molar-refractivity contribution in [2.45, 2.75) is 25.2 Å². The summed E-state index contributed by atoms with van der Waals surface area (Å²) in [6, 6.07) is 13.0. The molecule has 0 saturated carbocycles. The van der Waals surface area contributed by atoms with Gasteiger partial charge in [0.2, 0.25) is 0 Å². The molecule has 2 aromatic carbocycles. The summed E-state index contributed by atoms with van der Waals surface area (Å²) in [4.78, 5) is 8.20. The molecule has 0 unspecified atom stereocenters. The summed E-state index contributed by atoms with van der Waals surface area (Å²) in [6.07, 6.45) is 7.67. The van der Waals surface area contributed by atoms with Gasteiger partial charge in [0.15, 0.2) is 9.84 Å². The number of ether oxygens (including phenoxy) is 1. The van der Waals surface area contributed by atoms with Crippen molar-refractivity contribution in [2.75, 3.05) is 12.4 Å². The molecule has 4 aromatic rings. The number of hydrogen-bond acceptors (Lipinski definition) is 4.